The quantitative estimate of drug-likeness (QED) is 0.328. The first kappa shape index (κ1) is 22.6. The molecule has 1 aromatic rings. The van der Waals surface area contributed by atoms with E-state index < -0.39 is 0 Å². The number of benzene rings is 1. The number of hydrogen-bond acceptors (Lipinski definition) is 2. The summed E-state index contributed by atoms with van der Waals surface area (Å²) in [5.41, 5.74) is 1.27. The molecule has 0 aliphatic heterocycles. The van der Waals surface area contributed by atoms with Crippen LogP contribution < -0.4 is 0 Å². The number of ketones is 2. The van der Waals surface area contributed by atoms with E-state index in [9.17, 15) is 9.59 Å². The van der Waals surface area contributed by atoms with Gasteiger partial charge in [0.05, 0.1) is 0 Å². The van der Waals surface area contributed by atoms with Crippen molar-refractivity contribution in [2.75, 3.05) is 0 Å². The van der Waals surface area contributed by atoms with Crippen LogP contribution in [0.1, 0.15) is 113 Å². The summed E-state index contributed by atoms with van der Waals surface area (Å²) in [5, 5.41) is 0. The Kier molecular flexibility index (Phi) is 11.2. The van der Waals surface area contributed by atoms with Crippen LogP contribution in [-0.4, -0.2) is 11.6 Å². The van der Waals surface area contributed by atoms with Crippen LogP contribution in [0.15, 0.2) is 24.3 Å². The molecule has 1 rings (SSSR count). The summed E-state index contributed by atoms with van der Waals surface area (Å²) in [6, 6.07) is 7.45. The zero-order chi connectivity index (χ0) is 19.4. The van der Waals surface area contributed by atoms with Crippen LogP contribution in [0, 0.1) is 11.8 Å². The summed E-state index contributed by atoms with van der Waals surface area (Å²) in [4.78, 5) is 25.8. The van der Waals surface area contributed by atoms with E-state index in [1.54, 1.807) is 0 Å². The van der Waals surface area contributed by atoms with Crippen LogP contribution in [0.3, 0.4) is 0 Å². The van der Waals surface area contributed by atoms with Gasteiger partial charge in [0.25, 0.3) is 0 Å². The molecule has 2 heteroatoms. The monoisotopic (exact) mass is 358 g/mol. The zero-order valence-electron chi connectivity index (χ0n) is 17.4. The van der Waals surface area contributed by atoms with Gasteiger partial charge in [-0.1, -0.05) is 103 Å². The smallest absolute Gasteiger partial charge is 0.163 e. The van der Waals surface area contributed by atoms with E-state index in [1.165, 1.54) is 12.8 Å². The van der Waals surface area contributed by atoms with E-state index in [-0.39, 0.29) is 11.6 Å². The van der Waals surface area contributed by atoms with Crippen LogP contribution >= 0.6 is 0 Å². The van der Waals surface area contributed by atoms with E-state index in [2.05, 4.69) is 27.7 Å². The first-order valence-electron chi connectivity index (χ1n) is 10.7. The van der Waals surface area contributed by atoms with Crippen molar-refractivity contribution >= 4 is 11.6 Å². The Balaban J connectivity index is 2.85. The molecule has 0 unspecified atom stereocenters. The second-order valence-electron chi connectivity index (χ2n) is 7.63. The van der Waals surface area contributed by atoms with Gasteiger partial charge in [0, 0.05) is 24.0 Å². The van der Waals surface area contributed by atoms with Gasteiger partial charge in [-0.3, -0.25) is 9.59 Å². The standard InChI is InChI=1S/C24H38O2/c1-5-9-13-19(7-3)17-23(25)21-15-11-12-16-22(21)24(26)18-20(8-4)14-10-6-2/h11-12,15-16,19-20H,5-10,13-14,17-18H2,1-4H3/t19-,20-/m0/s1. The lowest BCUT2D eigenvalue weighted by molar-refractivity contribution is 0.0923. The van der Waals surface area contributed by atoms with Gasteiger partial charge < -0.3 is 0 Å². The minimum absolute atomic E-state index is 0.138. The minimum Gasteiger partial charge on any atom is -0.294 e. The maximum atomic E-state index is 12.9. The summed E-state index contributed by atoms with van der Waals surface area (Å²) >= 11 is 0. The Bertz CT molecular complexity index is 498. The van der Waals surface area contributed by atoms with E-state index in [0.717, 1.165) is 38.5 Å². The lowest BCUT2D eigenvalue weighted by Gasteiger charge is -2.17. The minimum atomic E-state index is 0.138. The molecule has 2 nitrogen and oxygen atoms in total. The van der Waals surface area contributed by atoms with Crippen LogP contribution in [0.4, 0.5) is 0 Å². The molecular weight excluding hydrogens is 320 g/mol. The average molecular weight is 359 g/mol. The second kappa shape index (κ2) is 12.8. The zero-order valence-corrected chi connectivity index (χ0v) is 17.4. The largest absolute Gasteiger partial charge is 0.294 e. The lowest BCUT2D eigenvalue weighted by atomic mass is 9.87. The maximum Gasteiger partial charge on any atom is 0.163 e. The Hall–Kier alpha value is -1.44. The van der Waals surface area contributed by atoms with Crippen LogP contribution in [-0.2, 0) is 0 Å². The topological polar surface area (TPSA) is 34.1 Å². The van der Waals surface area contributed by atoms with E-state index in [0.29, 0.717) is 35.8 Å². The van der Waals surface area contributed by atoms with Crippen LogP contribution in [0.2, 0.25) is 0 Å². The summed E-state index contributed by atoms with van der Waals surface area (Å²) in [7, 11) is 0. The molecule has 0 aromatic heterocycles. The van der Waals surface area contributed by atoms with Crippen LogP contribution in [0.25, 0.3) is 0 Å². The van der Waals surface area contributed by atoms with E-state index in [4.69, 9.17) is 0 Å². The van der Waals surface area contributed by atoms with Crippen molar-refractivity contribution in [1.29, 1.82) is 0 Å². The molecule has 0 spiro atoms. The molecule has 1 aromatic carbocycles. The highest BCUT2D eigenvalue weighted by molar-refractivity contribution is 6.08. The number of carbonyl (C=O) groups is 2. The molecule has 26 heavy (non-hydrogen) atoms. The van der Waals surface area contributed by atoms with Gasteiger partial charge in [-0.15, -0.1) is 0 Å². The van der Waals surface area contributed by atoms with Crippen molar-refractivity contribution in [2.45, 2.75) is 91.9 Å². The van der Waals surface area contributed by atoms with Crippen molar-refractivity contribution in [3.05, 3.63) is 35.4 Å². The fraction of sp³-hybridized carbons (Fsp3) is 0.667. The third-order valence-corrected chi connectivity index (χ3v) is 5.56. The molecule has 146 valence electrons. The van der Waals surface area contributed by atoms with Gasteiger partial charge in [0.15, 0.2) is 11.6 Å². The Morgan fingerprint density at radius 2 is 1.12 bits per heavy atom. The molecule has 0 heterocycles. The van der Waals surface area contributed by atoms with Crippen molar-refractivity contribution in [2.24, 2.45) is 11.8 Å². The molecule has 0 amide bonds. The highest BCUT2D eigenvalue weighted by Crippen LogP contribution is 2.24. The molecule has 0 aliphatic rings. The average Bonchev–Trinajstić information content (AvgIpc) is 2.67. The molecule has 0 N–H and O–H groups in total. The number of Topliss-reactive ketones (excluding diaryl/α,β-unsaturated/α-hetero) is 2. The molecule has 0 fully saturated rings. The Labute approximate surface area is 160 Å². The van der Waals surface area contributed by atoms with Gasteiger partial charge in [-0.25, -0.2) is 0 Å². The molecule has 0 aliphatic carbocycles. The summed E-state index contributed by atoms with van der Waals surface area (Å²) < 4.78 is 0. The van der Waals surface area contributed by atoms with Gasteiger partial charge in [0.2, 0.25) is 0 Å². The molecule has 0 saturated carbocycles. The molecule has 2 atom stereocenters. The molecular formula is C24H38O2. The third kappa shape index (κ3) is 7.43. The maximum absolute atomic E-state index is 12.9. The van der Waals surface area contributed by atoms with Gasteiger partial charge in [-0.2, -0.15) is 0 Å². The van der Waals surface area contributed by atoms with Crippen LogP contribution in [0.5, 0.6) is 0 Å². The number of carbonyl (C=O) groups excluding carboxylic acids is 2. The fourth-order valence-electron chi connectivity index (χ4n) is 3.60. The van der Waals surface area contributed by atoms with Gasteiger partial charge in [0.1, 0.15) is 0 Å². The first-order valence-corrected chi connectivity index (χ1v) is 10.7. The summed E-state index contributed by atoms with van der Waals surface area (Å²) in [5.74, 6) is 1.13. The lowest BCUT2D eigenvalue weighted by Crippen LogP contribution is -2.15. The van der Waals surface area contributed by atoms with Crippen molar-refractivity contribution in [3.63, 3.8) is 0 Å². The SMILES string of the molecule is CCCC[C@H](CC)CC(=O)c1ccccc1C(=O)C[C@@H](CC)CCCC. The molecule has 0 saturated heterocycles. The first-order chi connectivity index (χ1) is 12.6. The van der Waals surface area contributed by atoms with Crippen molar-refractivity contribution in [3.8, 4) is 0 Å². The number of hydrogen-bond donors (Lipinski definition) is 0. The van der Waals surface area contributed by atoms with E-state index in [1.807, 2.05) is 24.3 Å². The predicted molar refractivity (Wildman–Crippen MR) is 111 cm³/mol. The number of unbranched alkanes of at least 4 members (excludes halogenated alkanes) is 2. The summed E-state index contributed by atoms with van der Waals surface area (Å²) in [6.07, 6.45) is 10.0. The molecule has 0 radical (unpaired) electrons. The van der Waals surface area contributed by atoms with Crippen molar-refractivity contribution < 1.29 is 9.59 Å². The van der Waals surface area contributed by atoms with Gasteiger partial charge in [-0.05, 0) is 11.8 Å². The summed E-state index contributed by atoms with van der Waals surface area (Å²) in [6.45, 7) is 8.69. The number of rotatable bonds is 14. The highest BCUT2D eigenvalue weighted by atomic mass is 16.1. The fourth-order valence-corrected chi connectivity index (χ4v) is 3.60. The van der Waals surface area contributed by atoms with Gasteiger partial charge >= 0.3 is 0 Å². The Morgan fingerprint density at radius 1 is 0.731 bits per heavy atom. The normalized spacial score (nSPS) is 13.4. The Morgan fingerprint density at radius 3 is 1.42 bits per heavy atom. The molecule has 0 bridgehead atoms. The third-order valence-electron chi connectivity index (χ3n) is 5.56. The second-order valence-corrected chi connectivity index (χ2v) is 7.63. The van der Waals surface area contributed by atoms with Crippen molar-refractivity contribution in [1.82, 2.24) is 0 Å². The predicted octanol–water partition coefficient (Wildman–Crippen LogP) is 7.27. The van der Waals surface area contributed by atoms with E-state index >= 15 is 0 Å². The highest BCUT2D eigenvalue weighted by Gasteiger charge is 2.21.